The van der Waals surface area contributed by atoms with Crippen molar-refractivity contribution in [2.75, 3.05) is 26.9 Å². The van der Waals surface area contributed by atoms with Crippen molar-refractivity contribution in [2.24, 2.45) is 0 Å². The van der Waals surface area contributed by atoms with Gasteiger partial charge in [-0.25, -0.2) is 9.59 Å². The fraction of sp³-hybridized carbons (Fsp3) is 0.375. The van der Waals surface area contributed by atoms with Crippen LogP contribution in [0.25, 0.3) is 11.1 Å². The summed E-state index contributed by atoms with van der Waals surface area (Å²) in [5.74, 6) is -1.63. The summed E-state index contributed by atoms with van der Waals surface area (Å²) in [5, 5.41) is 11.9. The highest BCUT2D eigenvalue weighted by molar-refractivity contribution is 5.90. The van der Waals surface area contributed by atoms with Crippen LogP contribution in [0.2, 0.25) is 0 Å². The number of nitrogens with one attached hydrogen (secondary N) is 1. The van der Waals surface area contributed by atoms with Crippen LogP contribution in [-0.2, 0) is 19.1 Å². The van der Waals surface area contributed by atoms with Gasteiger partial charge in [-0.2, -0.15) is 0 Å². The summed E-state index contributed by atoms with van der Waals surface area (Å²) in [5.41, 5.74) is 4.43. The number of carboxylic acids is 1. The van der Waals surface area contributed by atoms with Crippen LogP contribution in [0.4, 0.5) is 4.79 Å². The molecule has 1 heterocycles. The minimum atomic E-state index is -1.05. The summed E-state index contributed by atoms with van der Waals surface area (Å²) < 4.78 is 10.6. The number of carboxylic acid groups (broad SMARTS) is 1. The van der Waals surface area contributed by atoms with Gasteiger partial charge in [0, 0.05) is 19.6 Å². The lowest BCUT2D eigenvalue weighted by Crippen LogP contribution is -2.53. The Balaban J connectivity index is 1.42. The first kappa shape index (κ1) is 21.8. The number of hydrogen-bond acceptors (Lipinski definition) is 5. The Labute approximate surface area is 186 Å². The molecule has 0 saturated carbocycles. The number of methoxy groups -OCH3 is 1. The molecule has 0 bridgehead atoms. The van der Waals surface area contributed by atoms with Crippen LogP contribution in [0.5, 0.6) is 0 Å². The molecule has 1 unspecified atom stereocenters. The molecule has 1 saturated heterocycles. The van der Waals surface area contributed by atoms with Gasteiger partial charge in [-0.1, -0.05) is 48.5 Å². The van der Waals surface area contributed by atoms with Gasteiger partial charge < -0.3 is 24.8 Å². The van der Waals surface area contributed by atoms with E-state index in [1.54, 1.807) is 0 Å². The van der Waals surface area contributed by atoms with E-state index in [0.29, 0.717) is 19.4 Å². The number of carbonyl (C=O) groups is 3. The third-order valence-corrected chi connectivity index (χ3v) is 6.09. The Morgan fingerprint density at radius 1 is 1.09 bits per heavy atom. The zero-order valence-corrected chi connectivity index (χ0v) is 17.8. The maximum atomic E-state index is 12.9. The van der Waals surface area contributed by atoms with E-state index < -0.39 is 30.1 Å². The molecule has 2 aromatic rings. The number of alkyl carbamates (subject to hydrolysis) is 1. The van der Waals surface area contributed by atoms with Crippen LogP contribution in [0.3, 0.4) is 0 Å². The first-order chi connectivity index (χ1) is 15.5. The maximum Gasteiger partial charge on any atom is 0.407 e. The third kappa shape index (κ3) is 4.18. The van der Waals surface area contributed by atoms with E-state index in [1.807, 2.05) is 36.4 Å². The molecule has 1 aliphatic heterocycles. The molecule has 4 rings (SSSR count). The molecule has 8 heteroatoms. The highest BCUT2D eigenvalue weighted by Gasteiger charge is 2.38. The summed E-state index contributed by atoms with van der Waals surface area (Å²) >= 11 is 0. The number of ether oxygens (including phenoxy) is 2. The fourth-order valence-electron chi connectivity index (χ4n) is 4.61. The van der Waals surface area contributed by atoms with E-state index in [4.69, 9.17) is 9.47 Å². The molecule has 2 aliphatic rings. The second-order valence-corrected chi connectivity index (χ2v) is 8.01. The number of amides is 2. The molecule has 8 nitrogen and oxygen atoms in total. The largest absolute Gasteiger partial charge is 0.480 e. The lowest BCUT2D eigenvalue weighted by Gasteiger charge is -2.27. The van der Waals surface area contributed by atoms with E-state index in [9.17, 15) is 19.5 Å². The quantitative estimate of drug-likeness (QED) is 0.689. The number of nitrogens with zero attached hydrogens (tertiary/aromatic N) is 1. The average Bonchev–Trinajstić information content (AvgIpc) is 3.40. The zero-order chi connectivity index (χ0) is 22.7. The van der Waals surface area contributed by atoms with Gasteiger partial charge in [0.2, 0.25) is 5.91 Å². The summed E-state index contributed by atoms with van der Waals surface area (Å²) in [7, 11) is 1.42. The molecule has 1 aliphatic carbocycles. The average molecular weight is 438 g/mol. The van der Waals surface area contributed by atoms with Gasteiger partial charge in [-0.3, -0.25) is 4.79 Å². The van der Waals surface area contributed by atoms with E-state index in [-0.39, 0.29) is 19.1 Å². The summed E-state index contributed by atoms with van der Waals surface area (Å²) in [6, 6.07) is 14.1. The Kier molecular flexibility index (Phi) is 6.41. The normalized spacial score (nSPS) is 18.0. The molecular formula is C24H26N2O6. The number of carbonyl (C=O) groups excluding carboxylic acids is 2. The van der Waals surface area contributed by atoms with Gasteiger partial charge in [-0.15, -0.1) is 0 Å². The molecule has 168 valence electrons. The Hall–Kier alpha value is -3.39. The third-order valence-electron chi connectivity index (χ3n) is 6.09. The SMILES string of the molecule is COCC(NC(=O)OCC1c2ccccc2-c2ccccc21)C(=O)N1CCC[C@@H]1C(=O)O. The van der Waals surface area contributed by atoms with E-state index in [0.717, 1.165) is 22.3 Å². The standard InChI is InChI=1S/C24H26N2O6/c1-31-14-20(22(27)26-12-6-11-21(26)23(28)29)25-24(30)32-13-19-17-9-4-2-7-15(17)16-8-3-5-10-18(16)19/h2-5,7-10,19-21H,6,11-14H2,1H3,(H,25,30)(H,28,29)/t20?,21-/m1/s1. The first-order valence-electron chi connectivity index (χ1n) is 10.6. The minimum absolute atomic E-state index is 0.0775. The Bertz CT molecular complexity index is 978. The molecule has 0 aromatic heterocycles. The molecule has 2 atom stereocenters. The number of rotatable bonds is 7. The van der Waals surface area contributed by atoms with Crippen molar-refractivity contribution in [2.45, 2.75) is 30.8 Å². The monoisotopic (exact) mass is 438 g/mol. The Morgan fingerprint density at radius 3 is 2.31 bits per heavy atom. The Morgan fingerprint density at radius 2 is 1.72 bits per heavy atom. The number of hydrogen-bond donors (Lipinski definition) is 2. The first-order valence-corrected chi connectivity index (χ1v) is 10.6. The topological polar surface area (TPSA) is 105 Å². The van der Waals surface area contributed by atoms with Crippen LogP contribution in [-0.4, -0.2) is 66.9 Å². The smallest absolute Gasteiger partial charge is 0.407 e. The number of fused-ring (bicyclic) bond motifs is 3. The highest BCUT2D eigenvalue weighted by atomic mass is 16.5. The van der Waals surface area contributed by atoms with Crippen molar-refractivity contribution >= 4 is 18.0 Å². The predicted octanol–water partition coefficient (Wildman–Crippen LogP) is 2.62. The second kappa shape index (κ2) is 9.40. The van der Waals surface area contributed by atoms with Crippen molar-refractivity contribution in [3.63, 3.8) is 0 Å². The molecule has 2 N–H and O–H groups in total. The zero-order valence-electron chi connectivity index (χ0n) is 17.8. The van der Waals surface area contributed by atoms with Crippen molar-refractivity contribution in [1.29, 1.82) is 0 Å². The van der Waals surface area contributed by atoms with Crippen molar-refractivity contribution in [3.05, 3.63) is 59.7 Å². The molecule has 0 spiro atoms. The van der Waals surface area contributed by atoms with E-state index >= 15 is 0 Å². The summed E-state index contributed by atoms with van der Waals surface area (Å²) in [4.78, 5) is 38.2. The van der Waals surface area contributed by atoms with Crippen molar-refractivity contribution < 1.29 is 29.0 Å². The predicted molar refractivity (Wildman–Crippen MR) is 116 cm³/mol. The maximum absolute atomic E-state index is 12.9. The molecule has 2 aromatic carbocycles. The molecule has 32 heavy (non-hydrogen) atoms. The van der Waals surface area contributed by atoms with Gasteiger partial charge in [0.05, 0.1) is 6.61 Å². The van der Waals surface area contributed by atoms with E-state index in [2.05, 4.69) is 17.4 Å². The number of likely N-dealkylation sites (tertiary alicyclic amines) is 1. The number of aliphatic carboxylic acids is 1. The molecular weight excluding hydrogens is 412 g/mol. The summed E-state index contributed by atoms with van der Waals surface area (Å²) in [6.07, 6.45) is 0.257. The fourth-order valence-corrected chi connectivity index (χ4v) is 4.61. The lowest BCUT2D eigenvalue weighted by atomic mass is 9.98. The van der Waals surface area contributed by atoms with Gasteiger partial charge in [0.25, 0.3) is 0 Å². The second-order valence-electron chi connectivity index (χ2n) is 8.01. The van der Waals surface area contributed by atoms with Gasteiger partial charge in [-0.05, 0) is 35.1 Å². The van der Waals surface area contributed by atoms with Crippen LogP contribution < -0.4 is 5.32 Å². The molecule has 0 radical (unpaired) electrons. The lowest BCUT2D eigenvalue weighted by molar-refractivity contribution is -0.149. The van der Waals surface area contributed by atoms with Crippen LogP contribution >= 0.6 is 0 Å². The molecule has 1 fully saturated rings. The highest BCUT2D eigenvalue weighted by Crippen LogP contribution is 2.44. The number of benzene rings is 2. The van der Waals surface area contributed by atoms with Crippen molar-refractivity contribution in [1.82, 2.24) is 10.2 Å². The van der Waals surface area contributed by atoms with Crippen LogP contribution in [0, 0.1) is 0 Å². The molecule has 2 amide bonds. The van der Waals surface area contributed by atoms with Gasteiger partial charge in [0.15, 0.2) is 0 Å². The minimum Gasteiger partial charge on any atom is -0.480 e. The van der Waals surface area contributed by atoms with Gasteiger partial charge >= 0.3 is 12.1 Å². The van der Waals surface area contributed by atoms with Crippen molar-refractivity contribution in [3.8, 4) is 11.1 Å². The van der Waals surface area contributed by atoms with Crippen LogP contribution in [0.15, 0.2) is 48.5 Å². The van der Waals surface area contributed by atoms with Crippen LogP contribution in [0.1, 0.15) is 29.9 Å². The van der Waals surface area contributed by atoms with Gasteiger partial charge in [0.1, 0.15) is 18.7 Å². The van der Waals surface area contributed by atoms with E-state index in [1.165, 1.54) is 12.0 Å². The summed E-state index contributed by atoms with van der Waals surface area (Å²) in [6.45, 7) is 0.378.